The van der Waals surface area contributed by atoms with Crippen LogP contribution in [-0.4, -0.2) is 45.6 Å². The van der Waals surface area contributed by atoms with Crippen LogP contribution in [0.1, 0.15) is 35.3 Å². The molecule has 1 saturated heterocycles. The lowest BCUT2D eigenvalue weighted by Gasteiger charge is -2.27. The zero-order chi connectivity index (χ0) is 20.1. The third-order valence-corrected chi connectivity index (χ3v) is 4.99. The third-order valence-electron chi connectivity index (χ3n) is 4.99. The fraction of sp³-hybridized carbons (Fsp3) is 0.333. The lowest BCUT2D eigenvalue weighted by molar-refractivity contribution is 0.0946. The first-order valence-corrected chi connectivity index (χ1v) is 9.75. The van der Waals surface area contributed by atoms with Crippen LogP contribution in [-0.2, 0) is 6.54 Å². The lowest BCUT2D eigenvalue weighted by atomic mass is 10.1. The summed E-state index contributed by atoms with van der Waals surface area (Å²) in [6.07, 6.45) is 8.47. The molecule has 3 heterocycles. The molecule has 8 nitrogen and oxygen atoms in total. The van der Waals surface area contributed by atoms with Gasteiger partial charge in [0.2, 0.25) is 0 Å². The average molecular weight is 392 g/mol. The molecule has 4 rings (SSSR count). The highest BCUT2D eigenvalue weighted by molar-refractivity contribution is 5.92. The molecular formula is C21H24N6O2. The van der Waals surface area contributed by atoms with E-state index in [9.17, 15) is 4.79 Å². The van der Waals surface area contributed by atoms with Crippen molar-refractivity contribution in [2.24, 2.45) is 0 Å². The molecule has 1 N–H and O–H groups in total. The summed E-state index contributed by atoms with van der Waals surface area (Å²) in [7, 11) is 1.62. The van der Waals surface area contributed by atoms with Crippen LogP contribution in [0, 0.1) is 0 Å². The van der Waals surface area contributed by atoms with Gasteiger partial charge in [-0.3, -0.25) is 9.36 Å². The van der Waals surface area contributed by atoms with Crippen LogP contribution in [0.4, 0.5) is 5.82 Å². The zero-order valence-corrected chi connectivity index (χ0v) is 16.4. The van der Waals surface area contributed by atoms with Gasteiger partial charge in [0.25, 0.3) is 5.91 Å². The van der Waals surface area contributed by atoms with Crippen molar-refractivity contribution >= 4 is 11.7 Å². The lowest BCUT2D eigenvalue weighted by Crippen LogP contribution is -2.30. The fourth-order valence-electron chi connectivity index (χ4n) is 3.40. The summed E-state index contributed by atoms with van der Waals surface area (Å²) < 4.78 is 6.95. The van der Waals surface area contributed by atoms with Crippen molar-refractivity contribution in [2.75, 3.05) is 25.1 Å². The summed E-state index contributed by atoms with van der Waals surface area (Å²) in [5, 5.41) is 2.88. The predicted octanol–water partition coefficient (Wildman–Crippen LogP) is 2.59. The number of anilines is 1. The summed E-state index contributed by atoms with van der Waals surface area (Å²) in [4.78, 5) is 27.7. The van der Waals surface area contributed by atoms with Gasteiger partial charge in [0.1, 0.15) is 35.7 Å². The molecule has 0 atom stereocenters. The van der Waals surface area contributed by atoms with Gasteiger partial charge in [-0.05, 0) is 37.0 Å². The summed E-state index contributed by atoms with van der Waals surface area (Å²) in [5.74, 6) is 2.12. The molecule has 8 heteroatoms. The molecule has 0 spiro atoms. The van der Waals surface area contributed by atoms with E-state index in [0.29, 0.717) is 18.1 Å². The highest BCUT2D eigenvalue weighted by atomic mass is 16.5. The largest absolute Gasteiger partial charge is 0.497 e. The molecule has 150 valence electrons. The molecule has 1 fully saturated rings. The molecular weight excluding hydrogens is 368 g/mol. The van der Waals surface area contributed by atoms with Crippen molar-refractivity contribution in [2.45, 2.75) is 25.8 Å². The summed E-state index contributed by atoms with van der Waals surface area (Å²) >= 11 is 0. The minimum Gasteiger partial charge on any atom is -0.497 e. The van der Waals surface area contributed by atoms with Crippen LogP contribution in [0.2, 0.25) is 0 Å². The number of methoxy groups -OCH3 is 1. The molecule has 2 aromatic heterocycles. The SMILES string of the molecule is COc1cccc(CNC(=O)c2cn(-c3cc(N4CCCCC4)ncn3)cn2)c1. The number of ether oxygens (including phenoxy) is 1. The highest BCUT2D eigenvalue weighted by Crippen LogP contribution is 2.19. The summed E-state index contributed by atoms with van der Waals surface area (Å²) in [6.45, 7) is 2.42. The minimum absolute atomic E-state index is 0.239. The number of carbonyl (C=O) groups is 1. The molecule has 0 aliphatic carbocycles. The van der Waals surface area contributed by atoms with Crippen LogP contribution < -0.4 is 15.0 Å². The maximum Gasteiger partial charge on any atom is 0.271 e. The Bertz CT molecular complexity index is 981. The maximum atomic E-state index is 12.5. The van der Waals surface area contributed by atoms with Gasteiger partial charge >= 0.3 is 0 Å². The quantitative estimate of drug-likeness (QED) is 0.694. The van der Waals surface area contributed by atoms with Crippen molar-refractivity contribution in [3.05, 3.63) is 60.4 Å². The second kappa shape index (κ2) is 8.72. The van der Waals surface area contributed by atoms with Crippen molar-refractivity contribution in [1.82, 2.24) is 24.8 Å². The number of nitrogens with one attached hydrogen (secondary N) is 1. The van der Waals surface area contributed by atoms with Gasteiger partial charge in [-0.1, -0.05) is 12.1 Å². The van der Waals surface area contributed by atoms with Crippen molar-refractivity contribution < 1.29 is 9.53 Å². The van der Waals surface area contributed by atoms with E-state index in [2.05, 4.69) is 25.2 Å². The molecule has 3 aromatic rings. The Morgan fingerprint density at radius 1 is 1.10 bits per heavy atom. The molecule has 29 heavy (non-hydrogen) atoms. The van der Waals surface area contributed by atoms with E-state index < -0.39 is 0 Å². The first-order chi connectivity index (χ1) is 14.2. The number of imidazole rings is 1. The Morgan fingerprint density at radius 2 is 1.93 bits per heavy atom. The normalized spacial score (nSPS) is 13.9. The van der Waals surface area contributed by atoms with E-state index in [4.69, 9.17) is 4.74 Å². The predicted molar refractivity (Wildman–Crippen MR) is 109 cm³/mol. The van der Waals surface area contributed by atoms with E-state index in [1.807, 2.05) is 30.3 Å². The number of nitrogens with zero attached hydrogens (tertiary/aromatic N) is 5. The summed E-state index contributed by atoms with van der Waals surface area (Å²) in [5.41, 5.74) is 1.30. The van der Waals surface area contributed by atoms with Crippen molar-refractivity contribution in [3.8, 4) is 11.6 Å². The molecule has 1 aliphatic rings. The molecule has 0 radical (unpaired) electrons. The number of amides is 1. The van der Waals surface area contributed by atoms with Gasteiger partial charge in [0.15, 0.2) is 0 Å². The van der Waals surface area contributed by atoms with Gasteiger partial charge in [0, 0.05) is 31.9 Å². The van der Waals surface area contributed by atoms with E-state index in [-0.39, 0.29) is 5.91 Å². The topological polar surface area (TPSA) is 85.2 Å². The number of hydrogen-bond acceptors (Lipinski definition) is 6. The second-order valence-corrected chi connectivity index (χ2v) is 6.98. The maximum absolute atomic E-state index is 12.5. The first-order valence-electron chi connectivity index (χ1n) is 9.75. The van der Waals surface area contributed by atoms with Crippen LogP contribution in [0.15, 0.2) is 49.2 Å². The van der Waals surface area contributed by atoms with Gasteiger partial charge < -0.3 is 15.0 Å². The van der Waals surface area contributed by atoms with Crippen LogP contribution in [0.5, 0.6) is 5.75 Å². The fourth-order valence-corrected chi connectivity index (χ4v) is 3.40. The Morgan fingerprint density at radius 3 is 2.76 bits per heavy atom. The van der Waals surface area contributed by atoms with Crippen molar-refractivity contribution in [3.63, 3.8) is 0 Å². The van der Waals surface area contributed by atoms with E-state index in [0.717, 1.165) is 30.2 Å². The Kier molecular flexibility index (Phi) is 5.69. The smallest absolute Gasteiger partial charge is 0.271 e. The van der Waals surface area contributed by atoms with Crippen LogP contribution in [0.25, 0.3) is 5.82 Å². The van der Waals surface area contributed by atoms with E-state index in [1.165, 1.54) is 19.3 Å². The molecule has 0 unspecified atom stereocenters. The number of benzene rings is 1. The highest BCUT2D eigenvalue weighted by Gasteiger charge is 2.15. The zero-order valence-electron chi connectivity index (χ0n) is 16.4. The number of aromatic nitrogens is 4. The Balaban J connectivity index is 1.43. The van der Waals surface area contributed by atoms with Gasteiger partial charge in [0.05, 0.1) is 7.11 Å². The minimum atomic E-state index is -0.239. The van der Waals surface area contributed by atoms with Gasteiger partial charge in [-0.25, -0.2) is 15.0 Å². The first kappa shape index (κ1) is 18.9. The van der Waals surface area contributed by atoms with Crippen LogP contribution >= 0.6 is 0 Å². The third kappa shape index (κ3) is 4.53. The Labute approximate surface area is 169 Å². The Hall–Kier alpha value is -3.42. The van der Waals surface area contributed by atoms with E-state index >= 15 is 0 Å². The molecule has 0 saturated carbocycles. The van der Waals surface area contributed by atoms with Crippen LogP contribution in [0.3, 0.4) is 0 Å². The van der Waals surface area contributed by atoms with Crippen molar-refractivity contribution in [1.29, 1.82) is 0 Å². The molecule has 1 aromatic carbocycles. The monoisotopic (exact) mass is 392 g/mol. The van der Waals surface area contributed by atoms with Gasteiger partial charge in [-0.2, -0.15) is 0 Å². The molecule has 0 bridgehead atoms. The number of hydrogen-bond donors (Lipinski definition) is 1. The molecule has 1 aliphatic heterocycles. The summed E-state index contributed by atoms with van der Waals surface area (Å²) in [6, 6.07) is 9.52. The van der Waals surface area contributed by atoms with Gasteiger partial charge in [-0.15, -0.1) is 0 Å². The number of rotatable bonds is 6. The number of carbonyl (C=O) groups excluding carboxylic acids is 1. The average Bonchev–Trinajstić information content (AvgIpc) is 3.29. The molecule has 1 amide bonds. The second-order valence-electron chi connectivity index (χ2n) is 6.98. The van der Waals surface area contributed by atoms with E-state index in [1.54, 1.807) is 30.5 Å². The standard InChI is InChI=1S/C21H24N6O2/c1-29-17-7-5-6-16(10-17)12-22-21(28)18-13-27(15-25-18)20-11-19(23-14-24-20)26-8-3-2-4-9-26/h5-7,10-11,13-15H,2-4,8-9,12H2,1H3,(H,22,28). The number of piperidine rings is 1.